The van der Waals surface area contributed by atoms with Crippen LogP contribution in [0.4, 0.5) is 26.3 Å². The number of rotatable bonds is 1. The summed E-state index contributed by atoms with van der Waals surface area (Å²) < 4.78 is 89.7. The molecule has 3 rings (SSSR count). The number of hydrogen-bond acceptors (Lipinski definition) is 2. The minimum absolute atomic E-state index is 0.0441. The summed E-state index contributed by atoms with van der Waals surface area (Å²) in [5.74, 6) is 0. The lowest BCUT2D eigenvalue weighted by molar-refractivity contribution is -0.143. The Kier molecular flexibility index (Phi) is 4.03. The Hall–Kier alpha value is -1.09. The number of hydrogen-bond donors (Lipinski definition) is 1. The second-order valence-corrected chi connectivity index (χ2v) is 8.37. The maximum atomic E-state index is 13.0. The van der Waals surface area contributed by atoms with Gasteiger partial charge in [-0.3, -0.25) is 4.21 Å². The van der Waals surface area contributed by atoms with E-state index in [1.807, 2.05) is 0 Å². The van der Waals surface area contributed by atoms with Gasteiger partial charge in [-0.15, -0.1) is 0 Å². The average molecular weight is 372 g/mol. The van der Waals surface area contributed by atoms with E-state index in [-0.39, 0.29) is 18.9 Å². The van der Waals surface area contributed by atoms with Gasteiger partial charge in [-0.05, 0) is 49.4 Å². The van der Waals surface area contributed by atoms with E-state index in [4.69, 9.17) is 0 Å². The summed E-state index contributed by atoms with van der Waals surface area (Å²) in [6.45, 7) is 0. The highest BCUT2D eigenvalue weighted by molar-refractivity contribution is 7.86. The molecule has 2 bridgehead atoms. The number of fused-ring (bicyclic) bond motifs is 2. The van der Waals surface area contributed by atoms with Crippen molar-refractivity contribution >= 4 is 10.8 Å². The van der Waals surface area contributed by atoms with E-state index in [9.17, 15) is 35.7 Å². The Labute approximate surface area is 136 Å². The Balaban J connectivity index is 2.09. The topological polar surface area (TPSA) is 37.3 Å². The molecule has 2 fully saturated rings. The zero-order valence-electron chi connectivity index (χ0n) is 12.2. The van der Waals surface area contributed by atoms with Gasteiger partial charge < -0.3 is 5.11 Å². The van der Waals surface area contributed by atoms with E-state index in [0.717, 1.165) is 0 Å². The molecule has 0 aliphatic carbocycles. The smallest absolute Gasteiger partial charge is 0.385 e. The number of benzene rings is 1. The van der Waals surface area contributed by atoms with Crippen LogP contribution in [0.15, 0.2) is 18.2 Å². The summed E-state index contributed by atoms with van der Waals surface area (Å²) in [5, 5.41) is 9.97. The van der Waals surface area contributed by atoms with Gasteiger partial charge in [0.25, 0.3) is 0 Å². The lowest BCUT2D eigenvalue weighted by Crippen LogP contribution is -2.40. The van der Waals surface area contributed by atoms with Crippen LogP contribution in [0, 0.1) is 0 Å². The largest absolute Gasteiger partial charge is 0.416 e. The fraction of sp³-hybridized carbons (Fsp3) is 0.600. The monoisotopic (exact) mass is 372 g/mol. The van der Waals surface area contributed by atoms with Crippen LogP contribution in [0.5, 0.6) is 0 Å². The predicted molar refractivity (Wildman–Crippen MR) is 74.5 cm³/mol. The van der Waals surface area contributed by atoms with Gasteiger partial charge in [-0.25, -0.2) is 0 Å². The molecule has 0 amide bonds. The lowest BCUT2D eigenvalue weighted by Gasteiger charge is -2.36. The van der Waals surface area contributed by atoms with Crippen molar-refractivity contribution in [3.63, 3.8) is 0 Å². The molecule has 134 valence electrons. The first-order chi connectivity index (χ1) is 10.9. The quantitative estimate of drug-likeness (QED) is 0.757. The molecular formula is C15H14F6O2S. The van der Waals surface area contributed by atoms with E-state index < -0.39 is 55.9 Å². The molecule has 2 aliphatic heterocycles. The Morgan fingerprint density at radius 3 is 1.71 bits per heavy atom. The van der Waals surface area contributed by atoms with Crippen LogP contribution >= 0.6 is 0 Å². The summed E-state index contributed by atoms with van der Waals surface area (Å²) in [7, 11) is -1.19. The third kappa shape index (κ3) is 3.08. The van der Waals surface area contributed by atoms with Crippen LogP contribution in [-0.4, -0.2) is 19.8 Å². The molecule has 2 aliphatic rings. The maximum absolute atomic E-state index is 13.0. The lowest BCUT2D eigenvalue weighted by atomic mass is 9.84. The Morgan fingerprint density at radius 2 is 1.33 bits per heavy atom. The number of aliphatic hydroxyl groups is 1. The van der Waals surface area contributed by atoms with E-state index in [1.165, 1.54) is 0 Å². The molecular weight excluding hydrogens is 358 g/mol. The van der Waals surface area contributed by atoms with Crippen molar-refractivity contribution in [3.05, 3.63) is 34.9 Å². The molecule has 24 heavy (non-hydrogen) atoms. The van der Waals surface area contributed by atoms with Crippen LogP contribution in [0.2, 0.25) is 0 Å². The maximum Gasteiger partial charge on any atom is 0.416 e. The van der Waals surface area contributed by atoms with Crippen molar-refractivity contribution in [2.24, 2.45) is 0 Å². The standard InChI is InChI=1S/C15H14F6O2S/c16-14(17,18)9-3-8(4-10(5-9)15(19,20)21)13(22)6-11-1-2-12(7-13)24(11)23/h3-5,11-12,22H,1-2,6-7H2. The third-order valence-corrected chi connectivity index (χ3v) is 6.84. The van der Waals surface area contributed by atoms with Gasteiger partial charge in [0.1, 0.15) is 0 Å². The van der Waals surface area contributed by atoms with Gasteiger partial charge in [0.05, 0.1) is 16.7 Å². The second-order valence-electron chi connectivity index (χ2n) is 6.38. The van der Waals surface area contributed by atoms with Gasteiger partial charge >= 0.3 is 12.4 Å². The molecule has 2 heterocycles. The molecule has 2 unspecified atom stereocenters. The van der Waals surface area contributed by atoms with Gasteiger partial charge in [-0.1, -0.05) is 0 Å². The van der Waals surface area contributed by atoms with Crippen molar-refractivity contribution in [2.45, 2.75) is 54.1 Å². The summed E-state index contributed by atoms with van der Waals surface area (Å²) in [5.41, 5.74) is -5.11. The molecule has 0 radical (unpaired) electrons. The van der Waals surface area contributed by atoms with Gasteiger partial charge in [0.15, 0.2) is 0 Å². The highest BCUT2D eigenvalue weighted by Crippen LogP contribution is 2.47. The normalized spacial score (nSPS) is 33.7. The van der Waals surface area contributed by atoms with Gasteiger partial charge in [-0.2, -0.15) is 26.3 Å². The summed E-state index contributed by atoms with van der Waals surface area (Å²) in [6.07, 6.45) is -8.97. The minimum Gasteiger partial charge on any atom is -0.385 e. The molecule has 2 saturated heterocycles. The molecule has 1 aromatic carbocycles. The fourth-order valence-corrected chi connectivity index (χ4v) is 5.70. The van der Waals surface area contributed by atoms with Crippen LogP contribution < -0.4 is 0 Å². The van der Waals surface area contributed by atoms with Crippen LogP contribution in [0.25, 0.3) is 0 Å². The van der Waals surface area contributed by atoms with Crippen molar-refractivity contribution < 1.29 is 35.7 Å². The fourth-order valence-electron chi connectivity index (χ4n) is 3.54. The molecule has 1 aromatic rings. The Bertz CT molecular complexity index is 633. The van der Waals surface area contributed by atoms with Gasteiger partial charge in [0.2, 0.25) is 0 Å². The highest BCUT2D eigenvalue weighted by Gasteiger charge is 2.49. The van der Waals surface area contributed by atoms with E-state index >= 15 is 0 Å². The zero-order valence-corrected chi connectivity index (χ0v) is 13.1. The van der Waals surface area contributed by atoms with Crippen LogP contribution in [0.1, 0.15) is 42.4 Å². The van der Waals surface area contributed by atoms with E-state index in [2.05, 4.69) is 0 Å². The summed E-state index contributed by atoms with van der Waals surface area (Å²) >= 11 is 0. The first kappa shape index (κ1) is 17.7. The highest BCUT2D eigenvalue weighted by atomic mass is 32.2. The first-order valence-electron chi connectivity index (χ1n) is 7.32. The second kappa shape index (κ2) is 5.45. The van der Waals surface area contributed by atoms with Crippen molar-refractivity contribution in [3.8, 4) is 0 Å². The Morgan fingerprint density at radius 1 is 0.917 bits per heavy atom. The van der Waals surface area contributed by atoms with Crippen molar-refractivity contribution in [2.75, 3.05) is 0 Å². The molecule has 9 heteroatoms. The SMILES string of the molecule is O=S1C2CCC1CC(O)(c1cc(C(F)(F)F)cc(C(F)(F)F)c1)C2. The number of alkyl halides is 6. The minimum atomic E-state index is -4.96. The molecule has 1 N–H and O–H groups in total. The van der Waals surface area contributed by atoms with Crippen LogP contribution in [-0.2, 0) is 28.8 Å². The summed E-state index contributed by atoms with van der Waals surface area (Å²) in [6, 6.07) is 1.19. The predicted octanol–water partition coefficient (Wildman–Crippen LogP) is 3.99. The van der Waals surface area contributed by atoms with Crippen LogP contribution in [0.3, 0.4) is 0 Å². The molecule has 2 nitrogen and oxygen atoms in total. The van der Waals surface area contributed by atoms with Crippen molar-refractivity contribution in [1.29, 1.82) is 0 Å². The average Bonchev–Trinajstić information content (AvgIpc) is 2.69. The summed E-state index contributed by atoms with van der Waals surface area (Å²) in [4.78, 5) is 0. The molecule has 2 atom stereocenters. The number of halogens is 6. The molecule has 0 spiro atoms. The first-order valence-corrected chi connectivity index (χ1v) is 8.59. The van der Waals surface area contributed by atoms with E-state index in [1.54, 1.807) is 0 Å². The van der Waals surface area contributed by atoms with Gasteiger partial charge in [0, 0.05) is 21.3 Å². The molecule has 0 aromatic heterocycles. The third-order valence-electron chi connectivity index (χ3n) is 4.72. The molecule has 0 saturated carbocycles. The van der Waals surface area contributed by atoms with E-state index in [0.29, 0.717) is 25.0 Å². The van der Waals surface area contributed by atoms with Crippen molar-refractivity contribution in [1.82, 2.24) is 0 Å². The zero-order chi connectivity index (χ0) is 17.9.